The number of thiophene rings is 1. The van der Waals surface area contributed by atoms with Gasteiger partial charge in [0.15, 0.2) is 0 Å². The maximum absolute atomic E-state index is 12.7. The smallest absolute Gasteiger partial charge is 0.252 e. The average molecular weight is 315 g/mol. The number of nitrogens with zero attached hydrogens (tertiary/aromatic N) is 1. The van der Waals surface area contributed by atoms with E-state index in [0.29, 0.717) is 17.3 Å². The fraction of sp³-hybridized carbons (Fsp3) is 0.714. The normalized spacial score (nSPS) is 31.9. The molecule has 1 aromatic heterocycles. The number of hydrogen-bond acceptors (Lipinski definition) is 4. The van der Waals surface area contributed by atoms with Gasteiger partial charge in [0, 0.05) is 25.6 Å². The minimum Gasteiger partial charge on any atom is -0.381 e. The van der Waals surface area contributed by atoms with Crippen LogP contribution >= 0.6 is 11.3 Å². The van der Waals surface area contributed by atoms with Crippen LogP contribution in [0, 0.1) is 5.41 Å². The van der Waals surface area contributed by atoms with Gasteiger partial charge in [-0.2, -0.15) is 4.31 Å². The predicted octanol–water partition coefficient (Wildman–Crippen LogP) is 2.72. The molecule has 1 saturated heterocycles. The van der Waals surface area contributed by atoms with Crippen LogP contribution in [0.2, 0.25) is 0 Å². The third-order valence-corrected chi connectivity index (χ3v) is 7.99. The molecule has 1 aliphatic heterocycles. The molecule has 2 aliphatic rings. The number of hydrogen-bond donors (Lipinski definition) is 0. The van der Waals surface area contributed by atoms with Gasteiger partial charge in [-0.05, 0) is 37.1 Å². The van der Waals surface area contributed by atoms with Gasteiger partial charge >= 0.3 is 0 Å². The highest BCUT2D eigenvalue weighted by Gasteiger charge is 2.48. The molecule has 0 bridgehead atoms. The van der Waals surface area contributed by atoms with Gasteiger partial charge in [0.05, 0.1) is 6.10 Å². The van der Waals surface area contributed by atoms with Crippen molar-refractivity contribution in [1.29, 1.82) is 0 Å². The molecule has 112 valence electrons. The fourth-order valence-corrected chi connectivity index (χ4v) is 6.52. The highest BCUT2D eigenvalue weighted by molar-refractivity contribution is 7.91. The maximum atomic E-state index is 12.7. The molecule has 2 heterocycles. The summed E-state index contributed by atoms with van der Waals surface area (Å²) in [4.78, 5) is 0. The van der Waals surface area contributed by atoms with Crippen LogP contribution in [0.1, 0.15) is 32.1 Å². The van der Waals surface area contributed by atoms with Crippen molar-refractivity contribution in [3.05, 3.63) is 17.5 Å². The molecular formula is C14H21NO3S2. The van der Waals surface area contributed by atoms with Crippen LogP contribution in [0.3, 0.4) is 0 Å². The van der Waals surface area contributed by atoms with Gasteiger partial charge in [-0.3, -0.25) is 0 Å². The van der Waals surface area contributed by atoms with Gasteiger partial charge < -0.3 is 4.74 Å². The highest BCUT2D eigenvalue weighted by atomic mass is 32.2. The molecule has 0 aromatic carbocycles. The molecule has 0 N–H and O–H groups in total. The van der Waals surface area contributed by atoms with Crippen molar-refractivity contribution in [3.8, 4) is 0 Å². The van der Waals surface area contributed by atoms with Gasteiger partial charge in [0.2, 0.25) is 0 Å². The molecule has 1 saturated carbocycles. The van der Waals surface area contributed by atoms with Crippen LogP contribution in [0.4, 0.5) is 0 Å². The van der Waals surface area contributed by atoms with Gasteiger partial charge in [-0.1, -0.05) is 12.5 Å². The zero-order chi connectivity index (χ0) is 14.2. The first-order valence-electron chi connectivity index (χ1n) is 7.15. The van der Waals surface area contributed by atoms with Crippen LogP contribution in [0.15, 0.2) is 21.7 Å². The molecule has 1 spiro atoms. The summed E-state index contributed by atoms with van der Waals surface area (Å²) in [7, 11) is -1.56. The lowest BCUT2D eigenvalue weighted by Gasteiger charge is -2.42. The van der Waals surface area contributed by atoms with Gasteiger partial charge in [-0.25, -0.2) is 8.42 Å². The topological polar surface area (TPSA) is 46.6 Å². The number of piperidine rings is 1. The van der Waals surface area contributed by atoms with Crippen LogP contribution in [-0.4, -0.2) is 39.0 Å². The Balaban J connectivity index is 1.86. The first kappa shape index (κ1) is 14.5. The van der Waals surface area contributed by atoms with Crippen LogP contribution < -0.4 is 0 Å². The quantitative estimate of drug-likeness (QED) is 0.861. The van der Waals surface area contributed by atoms with E-state index in [0.717, 1.165) is 32.1 Å². The summed E-state index contributed by atoms with van der Waals surface area (Å²) in [5, 5.41) is 1.82. The van der Waals surface area contributed by atoms with Crippen LogP contribution in [-0.2, 0) is 14.8 Å². The van der Waals surface area contributed by atoms with Crippen LogP contribution in [0.5, 0.6) is 0 Å². The van der Waals surface area contributed by atoms with Crippen LogP contribution in [0.25, 0.3) is 0 Å². The predicted molar refractivity (Wildman–Crippen MR) is 79.4 cm³/mol. The van der Waals surface area contributed by atoms with E-state index in [1.165, 1.54) is 11.3 Å². The van der Waals surface area contributed by atoms with Crippen molar-refractivity contribution in [3.63, 3.8) is 0 Å². The van der Waals surface area contributed by atoms with E-state index in [2.05, 4.69) is 0 Å². The molecule has 0 amide bonds. The molecule has 2 fully saturated rings. The first-order valence-corrected chi connectivity index (χ1v) is 9.47. The third kappa shape index (κ3) is 2.32. The van der Waals surface area contributed by atoms with Crippen molar-refractivity contribution in [2.75, 3.05) is 20.2 Å². The largest absolute Gasteiger partial charge is 0.381 e. The van der Waals surface area contributed by atoms with E-state index < -0.39 is 10.0 Å². The Morgan fingerprint density at radius 2 is 2.20 bits per heavy atom. The maximum Gasteiger partial charge on any atom is 0.252 e. The Bertz CT molecular complexity index is 555. The molecule has 6 heteroatoms. The lowest BCUT2D eigenvalue weighted by atomic mass is 9.77. The fourth-order valence-electron chi connectivity index (χ4n) is 3.80. The summed E-state index contributed by atoms with van der Waals surface area (Å²) in [5.74, 6) is 0. The number of sulfonamides is 1. The summed E-state index contributed by atoms with van der Waals surface area (Å²) in [6, 6.07) is 3.49. The van der Waals surface area contributed by atoms with Gasteiger partial charge in [0.25, 0.3) is 10.0 Å². The second-order valence-corrected chi connectivity index (χ2v) is 8.97. The zero-order valence-electron chi connectivity index (χ0n) is 11.7. The van der Waals surface area contributed by atoms with Gasteiger partial charge in [-0.15, -0.1) is 11.3 Å². The Morgan fingerprint density at radius 1 is 1.40 bits per heavy atom. The molecule has 2 atom stereocenters. The second kappa shape index (κ2) is 5.40. The van der Waals surface area contributed by atoms with Gasteiger partial charge in [0.1, 0.15) is 4.21 Å². The van der Waals surface area contributed by atoms with Crippen molar-refractivity contribution in [2.24, 2.45) is 5.41 Å². The summed E-state index contributed by atoms with van der Waals surface area (Å²) in [6.07, 6.45) is 5.52. The van der Waals surface area contributed by atoms with E-state index in [4.69, 9.17) is 4.74 Å². The summed E-state index contributed by atoms with van der Waals surface area (Å²) < 4.78 is 33.1. The Hall–Kier alpha value is -0.430. The van der Waals surface area contributed by atoms with E-state index in [1.807, 2.05) is 5.38 Å². The minimum atomic E-state index is -3.32. The van der Waals surface area contributed by atoms with E-state index in [-0.39, 0.29) is 11.5 Å². The highest BCUT2D eigenvalue weighted by Crippen LogP contribution is 2.47. The summed E-state index contributed by atoms with van der Waals surface area (Å²) >= 11 is 1.30. The Labute approximate surface area is 124 Å². The van der Waals surface area contributed by atoms with Crippen molar-refractivity contribution in [2.45, 2.75) is 42.4 Å². The second-order valence-electron chi connectivity index (χ2n) is 5.85. The summed E-state index contributed by atoms with van der Waals surface area (Å²) in [6.45, 7) is 1.25. The molecule has 4 nitrogen and oxygen atoms in total. The Kier molecular flexibility index (Phi) is 3.92. The summed E-state index contributed by atoms with van der Waals surface area (Å²) in [5.41, 5.74) is 0.0390. The minimum absolute atomic E-state index is 0.0390. The van der Waals surface area contributed by atoms with Crippen molar-refractivity contribution >= 4 is 21.4 Å². The zero-order valence-corrected chi connectivity index (χ0v) is 13.4. The molecular weight excluding hydrogens is 294 g/mol. The van der Waals surface area contributed by atoms with Crippen molar-refractivity contribution in [1.82, 2.24) is 4.31 Å². The van der Waals surface area contributed by atoms with E-state index in [1.54, 1.807) is 23.5 Å². The lowest BCUT2D eigenvalue weighted by molar-refractivity contribution is -0.0184. The molecule has 3 rings (SSSR count). The number of rotatable bonds is 3. The van der Waals surface area contributed by atoms with E-state index in [9.17, 15) is 8.42 Å². The number of ether oxygens (including phenoxy) is 1. The van der Waals surface area contributed by atoms with E-state index >= 15 is 0 Å². The average Bonchev–Trinajstić information content (AvgIpc) is 3.09. The first-order chi connectivity index (χ1) is 9.58. The standard InChI is InChI=1S/C14H21NO3S2/c1-18-12-5-2-7-14(12)8-4-9-15(11-14)20(16,17)13-6-3-10-19-13/h3,6,10,12H,2,4-5,7-9,11H2,1H3/t12-,14-/m1/s1. The molecule has 0 unspecified atom stereocenters. The van der Waals surface area contributed by atoms with Crippen molar-refractivity contribution < 1.29 is 13.2 Å². The Morgan fingerprint density at radius 3 is 2.90 bits per heavy atom. The molecule has 1 aliphatic carbocycles. The molecule has 1 aromatic rings. The molecule has 0 radical (unpaired) electrons. The number of methoxy groups -OCH3 is 1. The third-order valence-electron chi connectivity index (χ3n) is 4.77. The monoisotopic (exact) mass is 315 g/mol. The molecule has 20 heavy (non-hydrogen) atoms. The lowest BCUT2D eigenvalue weighted by Crippen LogP contribution is -2.49. The SMILES string of the molecule is CO[C@@H]1CCC[C@]12CCCN(S(=O)(=O)c1cccs1)C2.